The Bertz CT molecular complexity index is 494. The van der Waals surface area contributed by atoms with Crippen LogP contribution in [-0.4, -0.2) is 12.0 Å². The minimum Gasteiger partial charge on any atom is -0.365 e. The van der Waals surface area contributed by atoms with Crippen LogP contribution in [0.1, 0.15) is 16.0 Å². The summed E-state index contributed by atoms with van der Waals surface area (Å²) in [6, 6.07) is 6.48. The van der Waals surface area contributed by atoms with Crippen LogP contribution in [0, 0.1) is 6.92 Å². The molecule has 0 spiro atoms. The van der Waals surface area contributed by atoms with Crippen molar-refractivity contribution in [3.8, 4) is 0 Å². The Kier molecular flexibility index (Phi) is 3.61. The molecule has 0 amide bonds. The molecule has 2 rings (SSSR count). The SMILES string of the molecule is CNc1ncc(Cc2ccc(C)c(Br)c2)s1. The summed E-state index contributed by atoms with van der Waals surface area (Å²) in [5.41, 5.74) is 2.58. The van der Waals surface area contributed by atoms with Crippen LogP contribution in [0.4, 0.5) is 5.13 Å². The van der Waals surface area contributed by atoms with Crippen LogP contribution in [0.2, 0.25) is 0 Å². The highest BCUT2D eigenvalue weighted by Gasteiger charge is 2.03. The fourth-order valence-electron chi connectivity index (χ4n) is 1.45. The standard InChI is InChI=1S/C12H13BrN2S/c1-8-3-4-9(6-11(8)13)5-10-7-15-12(14-2)16-10/h3-4,6-7H,5H2,1-2H3,(H,14,15). The van der Waals surface area contributed by atoms with Crippen LogP contribution in [0.3, 0.4) is 0 Å². The first-order chi connectivity index (χ1) is 7.69. The number of halogens is 1. The number of aryl methyl sites for hydroxylation is 1. The monoisotopic (exact) mass is 296 g/mol. The first-order valence-electron chi connectivity index (χ1n) is 5.06. The van der Waals surface area contributed by atoms with Crippen molar-refractivity contribution in [2.75, 3.05) is 12.4 Å². The number of anilines is 1. The van der Waals surface area contributed by atoms with Crippen molar-refractivity contribution >= 4 is 32.4 Å². The Morgan fingerprint density at radius 3 is 2.88 bits per heavy atom. The van der Waals surface area contributed by atoms with E-state index in [0.29, 0.717) is 0 Å². The van der Waals surface area contributed by atoms with E-state index in [0.717, 1.165) is 11.6 Å². The molecule has 0 aliphatic heterocycles. The smallest absolute Gasteiger partial charge is 0.182 e. The van der Waals surface area contributed by atoms with Crippen LogP contribution < -0.4 is 5.32 Å². The van der Waals surface area contributed by atoms with E-state index in [-0.39, 0.29) is 0 Å². The lowest BCUT2D eigenvalue weighted by atomic mass is 10.1. The van der Waals surface area contributed by atoms with Gasteiger partial charge in [-0.2, -0.15) is 0 Å². The maximum Gasteiger partial charge on any atom is 0.182 e. The maximum atomic E-state index is 4.27. The second-order valence-corrected chi connectivity index (χ2v) is 5.61. The van der Waals surface area contributed by atoms with Gasteiger partial charge in [0.25, 0.3) is 0 Å². The summed E-state index contributed by atoms with van der Waals surface area (Å²) in [6.07, 6.45) is 2.88. The molecule has 0 bridgehead atoms. The Morgan fingerprint density at radius 2 is 2.25 bits per heavy atom. The average Bonchev–Trinajstić information content (AvgIpc) is 2.71. The van der Waals surface area contributed by atoms with Gasteiger partial charge in [0, 0.05) is 29.0 Å². The molecule has 1 N–H and O–H groups in total. The Hall–Kier alpha value is -0.870. The molecule has 0 unspecified atom stereocenters. The van der Waals surface area contributed by atoms with Crippen LogP contribution in [0.5, 0.6) is 0 Å². The Balaban J connectivity index is 2.17. The molecule has 2 nitrogen and oxygen atoms in total. The summed E-state index contributed by atoms with van der Waals surface area (Å²) >= 11 is 5.25. The number of rotatable bonds is 3. The van der Waals surface area contributed by atoms with Gasteiger partial charge in [-0.05, 0) is 24.1 Å². The Labute approximate surface area is 108 Å². The molecule has 0 radical (unpaired) electrons. The summed E-state index contributed by atoms with van der Waals surface area (Å²) in [5.74, 6) is 0. The molecular formula is C12H13BrN2S. The van der Waals surface area contributed by atoms with Gasteiger partial charge < -0.3 is 5.32 Å². The molecule has 0 aliphatic rings. The zero-order chi connectivity index (χ0) is 11.5. The van der Waals surface area contributed by atoms with E-state index in [9.17, 15) is 0 Å². The van der Waals surface area contributed by atoms with E-state index in [4.69, 9.17) is 0 Å². The number of benzene rings is 1. The molecule has 0 aliphatic carbocycles. The minimum absolute atomic E-state index is 0.943. The van der Waals surface area contributed by atoms with E-state index < -0.39 is 0 Å². The van der Waals surface area contributed by atoms with Crippen molar-refractivity contribution in [2.45, 2.75) is 13.3 Å². The molecule has 16 heavy (non-hydrogen) atoms. The predicted molar refractivity (Wildman–Crippen MR) is 73.3 cm³/mol. The van der Waals surface area contributed by atoms with E-state index in [2.05, 4.69) is 51.4 Å². The molecule has 0 fully saturated rings. The largest absolute Gasteiger partial charge is 0.365 e. The van der Waals surface area contributed by atoms with Crippen molar-refractivity contribution in [1.29, 1.82) is 0 Å². The van der Waals surface area contributed by atoms with Crippen LogP contribution in [-0.2, 0) is 6.42 Å². The maximum absolute atomic E-state index is 4.27. The summed E-state index contributed by atoms with van der Waals surface area (Å²) in [7, 11) is 1.89. The summed E-state index contributed by atoms with van der Waals surface area (Å²) in [5, 5.41) is 4.03. The normalized spacial score (nSPS) is 10.4. The van der Waals surface area contributed by atoms with Gasteiger partial charge in [0.1, 0.15) is 0 Å². The second kappa shape index (κ2) is 4.97. The van der Waals surface area contributed by atoms with Crippen molar-refractivity contribution in [1.82, 2.24) is 4.98 Å². The lowest BCUT2D eigenvalue weighted by Crippen LogP contribution is -1.86. The number of nitrogens with one attached hydrogen (secondary N) is 1. The lowest BCUT2D eigenvalue weighted by molar-refractivity contribution is 1.20. The number of hydrogen-bond donors (Lipinski definition) is 1. The quantitative estimate of drug-likeness (QED) is 0.931. The average molecular weight is 297 g/mol. The zero-order valence-electron chi connectivity index (χ0n) is 9.25. The highest BCUT2D eigenvalue weighted by atomic mass is 79.9. The minimum atomic E-state index is 0.943. The molecular weight excluding hydrogens is 284 g/mol. The van der Waals surface area contributed by atoms with Gasteiger partial charge in [0.2, 0.25) is 0 Å². The highest BCUT2D eigenvalue weighted by molar-refractivity contribution is 9.10. The summed E-state index contributed by atoms with van der Waals surface area (Å²) < 4.78 is 1.17. The molecule has 84 valence electrons. The van der Waals surface area contributed by atoms with Gasteiger partial charge >= 0.3 is 0 Å². The molecule has 1 aromatic heterocycles. The predicted octanol–water partition coefficient (Wildman–Crippen LogP) is 3.85. The third-order valence-electron chi connectivity index (χ3n) is 2.38. The van der Waals surface area contributed by atoms with Gasteiger partial charge in [0.05, 0.1) is 0 Å². The van der Waals surface area contributed by atoms with Crippen LogP contribution >= 0.6 is 27.3 Å². The molecule has 0 saturated carbocycles. The first-order valence-corrected chi connectivity index (χ1v) is 6.67. The zero-order valence-corrected chi connectivity index (χ0v) is 11.7. The fourth-order valence-corrected chi connectivity index (χ4v) is 2.68. The van der Waals surface area contributed by atoms with Crippen molar-refractivity contribution in [2.24, 2.45) is 0 Å². The number of hydrogen-bond acceptors (Lipinski definition) is 3. The topological polar surface area (TPSA) is 24.9 Å². The molecule has 0 saturated heterocycles. The fraction of sp³-hybridized carbons (Fsp3) is 0.250. The first kappa shape index (κ1) is 11.6. The Morgan fingerprint density at radius 1 is 1.44 bits per heavy atom. The van der Waals surface area contributed by atoms with Gasteiger partial charge in [-0.15, -0.1) is 11.3 Å². The molecule has 1 heterocycles. The van der Waals surface area contributed by atoms with E-state index >= 15 is 0 Å². The number of thiazole rings is 1. The summed E-state index contributed by atoms with van der Waals surface area (Å²) in [4.78, 5) is 5.54. The van der Waals surface area contributed by atoms with E-state index in [1.54, 1.807) is 11.3 Å². The van der Waals surface area contributed by atoms with Gasteiger partial charge in [-0.1, -0.05) is 28.1 Å². The second-order valence-electron chi connectivity index (χ2n) is 3.64. The van der Waals surface area contributed by atoms with Crippen molar-refractivity contribution in [3.63, 3.8) is 0 Å². The van der Waals surface area contributed by atoms with Crippen LogP contribution in [0.25, 0.3) is 0 Å². The molecule has 2 aromatic rings. The lowest BCUT2D eigenvalue weighted by Gasteiger charge is -2.02. The number of aromatic nitrogens is 1. The van der Waals surface area contributed by atoms with Crippen molar-refractivity contribution < 1.29 is 0 Å². The third-order valence-corrected chi connectivity index (χ3v) is 4.25. The van der Waals surface area contributed by atoms with Gasteiger partial charge in [0.15, 0.2) is 5.13 Å². The highest BCUT2D eigenvalue weighted by Crippen LogP contribution is 2.23. The summed E-state index contributed by atoms with van der Waals surface area (Å²) in [6.45, 7) is 2.10. The van der Waals surface area contributed by atoms with E-state index in [1.807, 2.05) is 13.2 Å². The molecule has 4 heteroatoms. The van der Waals surface area contributed by atoms with Crippen LogP contribution in [0.15, 0.2) is 28.9 Å². The van der Waals surface area contributed by atoms with Crippen molar-refractivity contribution in [3.05, 3.63) is 44.9 Å². The number of nitrogens with zero attached hydrogens (tertiary/aromatic N) is 1. The van der Waals surface area contributed by atoms with Gasteiger partial charge in [-0.3, -0.25) is 0 Å². The molecule has 1 aromatic carbocycles. The van der Waals surface area contributed by atoms with E-state index in [1.165, 1.54) is 20.5 Å². The van der Waals surface area contributed by atoms with Gasteiger partial charge in [-0.25, -0.2) is 4.98 Å². The molecule has 0 atom stereocenters. The third kappa shape index (κ3) is 2.62.